The quantitative estimate of drug-likeness (QED) is 0.693. The van der Waals surface area contributed by atoms with Crippen LogP contribution in [0.5, 0.6) is 0 Å². The Labute approximate surface area is 90.9 Å². The molecule has 1 heterocycles. The Hall–Kier alpha value is -1.68. The minimum atomic E-state index is -0.447. The van der Waals surface area contributed by atoms with E-state index in [-0.39, 0.29) is 5.15 Å². The topological polar surface area (TPSA) is 52.1 Å². The third kappa shape index (κ3) is 1.76. The molecule has 5 heteroatoms. The lowest BCUT2D eigenvalue weighted by atomic mass is 10.2. The SMILES string of the molecule is COC(=O)c1cccc2ncc(Cl)nc12. The smallest absolute Gasteiger partial charge is 0.340 e. The number of hydrogen-bond acceptors (Lipinski definition) is 4. The highest BCUT2D eigenvalue weighted by atomic mass is 35.5. The van der Waals surface area contributed by atoms with E-state index in [1.807, 2.05) is 0 Å². The van der Waals surface area contributed by atoms with Gasteiger partial charge in [0.25, 0.3) is 0 Å². The maximum atomic E-state index is 11.4. The third-order valence-corrected chi connectivity index (χ3v) is 2.13. The largest absolute Gasteiger partial charge is 0.465 e. The van der Waals surface area contributed by atoms with E-state index in [9.17, 15) is 4.79 Å². The van der Waals surface area contributed by atoms with Crippen molar-refractivity contribution in [2.45, 2.75) is 0 Å². The summed E-state index contributed by atoms with van der Waals surface area (Å²) >= 11 is 5.71. The van der Waals surface area contributed by atoms with E-state index in [1.54, 1.807) is 18.2 Å². The molecular weight excluding hydrogens is 216 g/mol. The van der Waals surface area contributed by atoms with Gasteiger partial charge in [-0.15, -0.1) is 0 Å². The number of halogens is 1. The van der Waals surface area contributed by atoms with Crippen LogP contribution in [0.1, 0.15) is 10.4 Å². The molecule has 0 aliphatic rings. The van der Waals surface area contributed by atoms with Crippen LogP contribution in [-0.4, -0.2) is 23.0 Å². The molecule has 0 atom stereocenters. The summed E-state index contributed by atoms with van der Waals surface area (Å²) in [6, 6.07) is 5.10. The van der Waals surface area contributed by atoms with Gasteiger partial charge < -0.3 is 4.74 Å². The number of para-hydroxylation sites is 1. The number of benzene rings is 1. The molecule has 0 N–H and O–H groups in total. The van der Waals surface area contributed by atoms with Gasteiger partial charge in [0.05, 0.1) is 24.4 Å². The van der Waals surface area contributed by atoms with E-state index in [2.05, 4.69) is 14.7 Å². The van der Waals surface area contributed by atoms with Crippen molar-refractivity contribution < 1.29 is 9.53 Å². The van der Waals surface area contributed by atoms with E-state index in [1.165, 1.54) is 13.3 Å². The third-order valence-electron chi connectivity index (χ3n) is 1.95. The summed E-state index contributed by atoms with van der Waals surface area (Å²) in [5, 5.41) is 0.249. The Kier molecular flexibility index (Phi) is 2.51. The van der Waals surface area contributed by atoms with Crippen LogP contribution in [0.25, 0.3) is 11.0 Å². The molecule has 15 heavy (non-hydrogen) atoms. The number of ether oxygens (including phenoxy) is 1. The van der Waals surface area contributed by atoms with Crippen molar-refractivity contribution in [3.8, 4) is 0 Å². The second-order valence-electron chi connectivity index (χ2n) is 2.86. The molecule has 0 spiro atoms. The zero-order valence-corrected chi connectivity index (χ0v) is 8.65. The number of aromatic nitrogens is 2. The summed E-state index contributed by atoms with van der Waals surface area (Å²) in [6.45, 7) is 0. The predicted molar refractivity (Wildman–Crippen MR) is 55.9 cm³/mol. The van der Waals surface area contributed by atoms with Gasteiger partial charge in [0.2, 0.25) is 0 Å². The van der Waals surface area contributed by atoms with Gasteiger partial charge in [-0.2, -0.15) is 0 Å². The van der Waals surface area contributed by atoms with Crippen LogP contribution in [0.3, 0.4) is 0 Å². The first-order valence-electron chi connectivity index (χ1n) is 4.22. The van der Waals surface area contributed by atoms with Crippen LogP contribution >= 0.6 is 11.6 Å². The lowest BCUT2D eigenvalue weighted by molar-refractivity contribution is 0.0603. The molecule has 0 aliphatic heterocycles. The zero-order chi connectivity index (χ0) is 10.8. The fraction of sp³-hybridized carbons (Fsp3) is 0.100. The molecule has 0 amide bonds. The Bertz CT molecular complexity index is 528. The first-order valence-corrected chi connectivity index (χ1v) is 4.60. The summed E-state index contributed by atoms with van der Waals surface area (Å²) in [5.41, 5.74) is 1.43. The Morgan fingerprint density at radius 1 is 1.47 bits per heavy atom. The Morgan fingerprint density at radius 2 is 2.27 bits per heavy atom. The van der Waals surface area contributed by atoms with Gasteiger partial charge in [0, 0.05) is 0 Å². The van der Waals surface area contributed by atoms with E-state index < -0.39 is 5.97 Å². The Balaban J connectivity index is 2.74. The molecule has 0 unspecified atom stereocenters. The average molecular weight is 223 g/mol. The molecule has 0 saturated carbocycles. The molecule has 76 valence electrons. The van der Waals surface area contributed by atoms with Crippen LogP contribution < -0.4 is 0 Å². The van der Waals surface area contributed by atoms with Gasteiger partial charge in [0.15, 0.2) is 0 Å². The van der Waals surface area contributed by atoms with Crippen LogP contribution in [0.2, 0.25) is 5.15 Å². The maximum Gasteiger partial charge on any atom is 0.340 e. The van der Waals surface area contributed by atoms with Crippen molar-refractivity contribution in [3.05, 3.63) is 35.1 Å². The second-order valence-corrected chi connectivity index (χ2v) is 3.24. The lowest BCUT2D eigenvalue weighted by Crippen LogP contribution is -2.03. The van der Waals surface area contributed by atoms with Crippen LogP contribution in [-0.2, 0) is 4.74 Å². The molecule has 0 bridgehead atoms. The van der Waals surface area contributed by atoms with Gasteiger partial charge in [-0.05, 0) is 12.1 Å². The minimum absolute atomic E-state index is 0.249. The van der Waals surface area contributed by atoms with Crippen molar-refractivity contribution in [1.29, 1.82) is 0 Å². The predicted octanol–water partition coefficient (Wildman–Crippen LogP) is 2.07. The molecule has 0 fully saturated rings. The summed E-state index contributed by atoms with van der Waals surface area (Å²) in [6.07, 6.45) is 1.44. The lowest BCUT2D eigenvalue weighted by Gasteiger charge is -2.02. The van der Waals surface area contributed by atoms with Gasteiger partial charge in [-0.1, -0.05) is 17.7 Å². The standard InChI is InChI=1S/C10H7ClN2O2/c1-15-10(14)6-3-2-4-7-9(6)13-8(11)5-12-7/h2-5H,1H3. The fourth-order valence-corrected chi connectivity index (χ4v) is 1.42. The summed E-state index contributed by atoms with van der Waals surface area (Å²) < 4.78 is 4.63. The molecule has 0 radical (unpaired) electrons. The monoisotopic (exact) mass is 222 g/mol. The number of esters is 1. The Morgan fingerprint density at radius 3 is 3.00 bits per heavy atom. The number of rotatable bonds is 1. The van der Waals surface area contributed by atoms with Gasteiger partial charge in [-0.3, -0.25) is 4.98 Å². The van der Waals surface area contributed by atoms with E-state index in [4.69, 9.17) is 11.6 Å². The number of carbonyl (C=O) groups excluding carboxylic acids is 1. The first-order chi connectivity index (χ1) is 7.22. The minimum Gasteiger partial charge on any atom is -0.465 e. The highest BCUT2D eigenvalue weighted by molar-refractivity contribution is 6.29. The van der Waals surface area contributed by atoms with Gasteiger partial charge in [0.1, 0.15) is 10.7 Å². The van der Waals surface area contributed by atoms with Crippen LogP contribution in [0, 0.1) is 0 Å². The molecule has 0 saturated heterocycles. The number of hydrogen-bond donors (Lipinski definition) is 0. The number of carbonyl (C=O) groups is 1. The van der Waals surface area contributed by atoms with Gasteiger partial charge in [-0.25, -0.2) is 9.78 Å². The van der Waals surface area contributed by atoms with E-state index in [0.717, 1.165) is 0 Å². The molecule has 2 aromatic rings. The summed E-state index contributed by atoms with van der Waals surface area (Å²) in [7, 11) is 1.32. The summed E-state index contributed by atoms with van der Waals surface area (Å²) in [4.78, 5) is 19.5. The van der Waals surface area contributed by atoms with Crippen LogP contribution in [0.15, 0.2) is 24.4 Å². The van der Waals surface area contributed by atoms with Crippen molar-refractivity contribution in [1.82, 2.24) is 9.97 Å². The zero-order valence-electron chi connectivity index (χ0n) is 7.90. The number of fused-ring (bicyclic) bond motifs is 1. The van der Waals surface area contributed by atoms with E-state index >= 15 is 0 Å². The van der Waals surface area contributed by atoms with Crippen LogP contribution in [0.4, 0.5) is 0 Å². The average Bonchev–Trinajstić information content (AvgIpc) is 2.27. The molecule has 1 aromatic carbocycles. The van der Waals surface area contributed by atoms with E-state index in [0.29, 0.717) is 16.6 Å². The van der Waals surface area contributed by atoms with Crippen molar-refractivity contribution in [2.75, 3.05) is 7.11 Å². The number of methoxy groups -OCH3 is 1. The molecule has 2 rings (SSSR count). The molecule has 4 nitrogen and oxygen atoms in total. The molecule has 0 aliphatic carbocycles. The van der Waals surface area contributed by atoms with Crippen molar-refractivity contribution >= 4 is 28.6 Å². The molecular formula is C10H7ClN2O2. The highest BCUT2D eigenvalue weighted by Crippen LogP contribution is 2.17. The second kappa shape index (κ2) is 3.82. The van der Waals surface area contributed by atoms with Crippen molar-refractivity contribution in [2.24, 2.45) is 0 Å². The first kappa shape index (κ1) is 9.86. The maximum absolute atomic E-state index is 11.4. The summed E-state index contributed by atoms with van der Waals surface area (Å²) in [5.74, 6) is -0.447. The van der Waals surface area contributed by atoms with Crippen molar-refractivity contribution in [3.63, 3.8) is 0 Å². The van der Waals surface area contributed by atoms with Gasteiger partial charge >= 0.3 is 5.97 Å². The highest BCUT2D eigenvalue weighted by Gasteiger charge is 2.11. The fourth-order valence-electron chi connectivity index (χ4n) is 1.29. The molecule has 1 aromatic heterocycles. The normalized spacial score (nSPS) is 10.3. The number of nitrogens with zero attached hydrogens (tertiary/aromatic N) is 2.